The largest absolute Gasteiger partial charge is 0.411 e. The van der Waals surface area contributed by atoms with E-state index < -0.39 is 10.8 Å². The Morgan fingerprint density at radius 1 is 1.16 bits per heavy atom. The van der Waals surface area contributed by atoms with Crippen LogP contribution in [0.5, 0.6) is 0 Å². The van der Waals surface area contributed by atoms with Gasteiger partial charge in [-0.05, 0) is 43.2 Å². The number of aromatic nitrogens is 2. The first-order valence-electron chi connectivity index (χ1n) is 9.12. The first-order valence-corrected chi connectivity index (χ1v) is 10.1. The third kappa shape index (κ3) is 5.66. The average molecular weight is 441 g/mol. The Hall–Kier alpha value is -3.73. The molecule has 0 spiro atoms. The summed E-state index contributed by atoms with van der Waals surface area (Å²) in [6, 6.07) is 10.1. The monoisotopic (exact) mass is 441 g/mol. The summed E-state index contributed by atoms with van der Waals surface area (Å²) in [4.78, 5) is 34.3. The number of anilines is 2. The minimum Gasteiger partial charge on any atom is -0.411 e. The number of nitro benzene ring substituents is 1. The fraction of sp³-hybridized carbons (Fsp3) is 0.200. The minimum atomic E-state index is -0.526. The van der Waals surface area contributed by atoms with E-state index in [1.165, 1.54) is 13.0 Å². The van der Waals surface area contributed by atoms with Crippen LogP contribution < -0.4 is 10.6 Å². The van der Waals surface area contributed by atoms with Crippen LogP contribution in [0.3, 0.4) is 0 Å². The molecule has 2 amide bonds. The van der Waals surface area contributed by atoms with Gasteiger partial charge in [0.25, 0.3) is 10.9 Å². The van der Waals surface area contributed by atoms with Gasteiger partial charge in [-0.3, -0.25) is 19.7 Å². The fourth-order valence-electron chi connectivity index (χ4n) is 2.87. The van der Waals surface area contributed by atoms with Crippen LogP contribution >= 0.6 is 11.8 Å². The second-order valence-electron chi connectivity index (χ2n) is 6.71. The van der Waals surface area contributed by atoms with Crippen LogP contribution in [0.15, 0.2) is 46.0 Å². The van der Waals surface area contributed by atoms with E-state index in [-0.39, 0.29) is 34.1 Å². The Morgan fingerprint density at radius 2 is 1.94 bits per heavy atom. The molecule has 2 N–H and O–H groups in total. The number of hydrogen-bond acceptors (Lipinski definition) is 8. The number of amides is 2. The molecule has 0 aliphatic rings. The van der Waals surface area contributed by atoms with Crippen LogP contribution in [0, 0.1) is 24.0 Å². The third-order valence-corrected chi connectivity index (χ3v) is 4.90. The molecule has 1 heterocycles. The summed E-state index contributed by atoms with van der Waals surface area (Å²) >= 11 is 1.01. The predicted octanol–water partition coefficient (Wildman–Crippen LogP) is 3.95. The Kier molecular flexibility index (Phi) is 6.65. The van der Waals surface area contributed by atoms with Crippen molar-refractivity contribution < 1.29 is 18.9 Å². The Bertz CT molecular complexity index is 1160. The molecule has 0 unspecified atom stereocenters. The zero-order chi connectivity index (χ0) is 22.5. The van der Waals surface area contributed by atoms with Gasteiger partial charge in [-0.2, -0.15) is 0 Å². The highest BCUT2D eigenvalue weighted by Crippen LogP contribution is 2.30. The van der Waals surface area contributed by atoms with E-state index in [9.17, 15) is 19.7 Å². The van der Waals surface area contributed by atoms with Crippen molar-refractivity contribution in [3.8, 4) is 11.5 Å². The summed E-state index contributed by atoms with van der Waals surface area (Å²) in [7, 11) is 0. The second-order valence-corrected chi connectivity index (χ2v) is 7.63. The van der Waals surface area contributed by atoms with E-state index in [0.717, 1.165) is 17.3 Å². The van der Waals surface area contributed by atoms with Crippen molar-refractivity contribution >= 4 is 40.6 Å². The van der Waals surface area contributed by atoms with Crippen molar-refractivity contribution in [1.29, 1.82) is 0 Å². The van der Waals surface area contributed by atoms with Gasteiger partial charge in [0.05, 0.1) is 10.7 Å². The Labute approximate surface area is 181 Å². The van der Waals surface area contributed by atoms with Crippen molar-refractivity contribution in [1.82, 2.24) is 10.2 Å². The molecule has 31 heavy (non-hydrogen) atoms. The van der Waals surface area contributed by atoms with Gasteiger partial charge in [-0.25, -0.2) is 0 Å². The second kappa shape index (κ2) is 9.39. The lowest BCUT2D eigenvalue weighted by atomic mass is 10.1. The molecule has 2 aromatic carbocycles. The van der Waals surface area contributed by atoms with Crippen LogP contribution in [-0.4, -0.2) is 32.7 Å². The minimum absolute atomic E-state index is 0.0714. The number of aryl methyl sites for hydroxylation is 2. The maximum Gasteiger partial charge on any atom is 0.293 e. The van der Waals surface area contributed by atoms with Crippen molar-refractivity contribution in [3.05, 3.63) is 57.6 Å². The van der Waals surface area contributed by atoms with Crippen LogP contribution in [-0.2, 0) is 9.59 Å². The van der Waals surface area contributed by atoms with Crippen LogP contribution in [0.2, 0.25) is 0 Å². The summed E-state index contributed by atoms with van der Waals surface area (Å²) < 4.78 is 5.57. The number of carbonyl (C=O) groups excluding carboxylic acids is 2. The van der Waals surface area contributed by atoms with Gasteiger partial charge in [-0.1, -0.05) is 23.9 Å². The van der Waals surface area contributed by atoms with Gasteiger partial charge >= 0.3 is 0 Å². The molecule has 160 valence electrons. The smallest absolute Gasteiger partial charge is 0.293 e. The standard InChI is InChI=1S/C20H19N5O5S/c1-11-7-12(2)18(16(8-11)25(28)29)22-17(27)10-31-20-24-23-19(30-20)14-5-4-6-15(9-14)21-13(3)26/h4-9H,10H2,1-3H3,(H,21,26)(H,22,27). The molecule has 10 nitrogen and oxygen atoms in total. The molecule has 11 heteroatoms. The Morgan fingerprint density at radius 3 is 2.65 bits per heavy atom. The number of nitro groups is 1. The number of benzene rings is 2. The number of thioether (sulfide) groups is 1. The summed E-state index contributed by atoms with van der Waals surface area (Å²) in [6.45, 7) is 4.86. The van der Waals surface area contributed by atoms with E-state index in [1.54, 1.807) is 44.2 Å². The van der Waals surface area contributed by atoms with Gasteiger partial charge < -0.3 is 15.1 Å². The van der Waals surface area contributed by atoms with E-state index in [0.29, 0.717) is 16.8 Å². The molecular formula is C20H19N5O5S. The zero-order valence-electron chi connectivity index (χ0n) is 17.0. The molecule has 0 saturated carbocycles. The van der Waals surface area contributed by atoms with Crippen LogP contribution in [0.25, 0.3) is 11.5 Å². The number of hydrogen-bond donors (Lipinski definition) is 2. The summed E-state index contributed by atoms with van der Waals surface area (Å²) in [6.07, 6.45) is 0. The first kappa shape index (κ1) is 22.0. The summed E-state index contributed by atoms with van der Waals surface area (Å²) in [5.74, 6) is -0.473. The molecule has 1 aromatic heterocycles. The topological polar surface area (TPSA) is 140 Å². The quantitative estimate of drug-likeness (QED) is 0.319. The third-order valence-electron chi connectivity index (χ3n) is 4.08. The summed E-state index contributed by atoms with van der Waals surface area (Å²) in [5.41, 5.74) is 2.55. The van der Waals surface area contributed by atoms with Gasteiger partial charge in [0.1, 0.15) is 5.69 Å². The van der Waals surface area contributed by atoms with Gasteiger partial charge in [-0.15, -0.1) is 10.2 Å². The van der Waals surface area contributed by atoms with Crippen molar-refractivity contribution in [2.24, 2.45) is 0 Å². The van der Waals surface area contributed by atoms with E-state index in [4.69, 9.17) is 4.42 Å². The molecule has 0 aliphatic heterocycles. The SMILES string of the molecule is CC(=O)Nc1cccc(-c2nnc(SCC(=O)Nc3c(C)cc(C)cc3[N+](=O)[O-])o2)c1. The highest BCUT2D eigenvalue weighted by molar-refractivity contribution is 7.99. The number of nitrogens with zero attached hydrogens (tertiary/aromatic N) is 3. The average Bonchev–Trinajstić information content (AvgIpc) is 3.17. The molecule has 0 aliphatic carbocycles. The van der Waals surface area contributed by atoms with Gasteiger partial charge in [0.2, 0.25) is 17.7 Å². The van der Waals surface area contributed by atoms with E-state index in [2.05, 4.69) is 20.8 Å². The zero-order valence-corrected chi connectivity index (χ0v) is 17.8. The Balaban J connectivity index is 1.66. The number of nitrogens with one attached hydrogen (secondary N) is 2. The maximum atomic E-state index is 12.3. The molecular weight excluding hydrogens is 422 g/mol. The van der Waals surface area contributed by atoms with Crippen molar-refractivity contribution in [3.63, 3.8) is 0 Å². The lowest BCUT2D eigenvalue weighted by molar-refractivity contribution is -0.384. The maximum absolute atomic E-state index is 12.3. The molecule has 0 saturated heterocycles. The first-order chi connectivity index (χ1) is 14.7. The lowest BCUT2D eigenvalue weighted by Crippen LogP contribution is -2.16. The van der Waals surface area contributed by atoms with E-state index in [1.807, 2.05) is 0 Å². The summed E-state index contributed by atoms with van der Waals surface area (Å²) in [5, 5.41) is 24.6. The highest BCUT2D eigenvalue weighted by Gasteiger charge is 2.20. The number of rotatable bonds is 7. The van der Waals surface area contributed by atoms with Crippen LogP contribution in [0.4, 0.5) is 17.1 Å². The molecule has 3 aromatic rings. The van der Waals surface area contributed by atoms with Gasteiger partial charge in [0.15, 0.2) is 0 Å². The number of carbonyl (C=O) groups is 2. The molecule has 3 rings (SSSR count). The molecule has 0 bridgehead atoms. The van der Waals surface area contributed by atoms with E-state index >= 15 is 0 Å². The normalized spacial score (nSPS) is 10.5. The molecule has 0 atom stereocenters. The highest BCUT2D eigenvalue weighted by atomic mass is 32.2. The molecule has 0 radical (unpaired) electrons. The fourth-order valence-corrected chi connectivity index (χ4v) is 3.44. The van der Waals surface area contributed by atoms with Gasteiger partial charge in [0, 0.05) is 24.2 Å². The molecule has 0 fully saturated rings. The van der Waals surface area contributed by atoms with Crippen LogP contribution in [0.1, 0.15) is 18.1 Å². The predicted molar refractivity (Wildman–Crippen MR) is 116 cm³/mol. The van der Waals surface area contributed by atoms with Crippen molar-refractivity contribution in [2.45, 2.75) is 26.0 Å². The lowest BCUT2D eigenvalue weighted by Gasteiger charge is -2.09. The van der Waals surface area contributed by atoms with Crippen molar-refractivity contribution in [2.75, 3.05) is 16.4 Å².